The molecule has 2 heterocycles. The first-order valence-electron chi connectivity index (χ1n) is 7.52. The molecule has 1 amide bonds. The van der Waals surface area contributed by atoms with E-state index in [9.17, 15) is 9.18 Å². The lowest BCUT2D eigenvalue weighted by molar-refractivity contribution is 0.100. The minimum absolute atomic E-state index is 0.0411. The summed E-state index contributed by atoms with van der Waals surface area (Å²) in [5.41, 5.74) is 14.6. The number of H-pyrrole nitrogens is 1. The van der Waals surface area contributed by atoms with E-state index in [1.54, 1.807) is 0 Å². The van der Waals surface area contributed by atoms with Crippen molar-refractivity contribution in [3.8, 4) is 0 Å². The summed E-state index contributed by atoms with van der Waals surface area (Å²) in [4.78, 5) is 16.8. The van der Waals surface area contributed by atoms with E-state index in [2.05, 4.69) is 4.98 Å². The van der Waals surface area contributed by atoms with Crippen LogP contribution in [0.3, 0.4) is 0 Å². The van der Waals surface area contributed by atoms with Gasteiger partial charge in [0.15, 0.2) is 0 Å². The number of piperidine rings is 1. The molecule has 3 rings (SSSR count). The van der Waals surface area contributed by atoms with Gasteiger partial charge in [-0.3, -0.25) is 4.79 Å². The van der Waals surface area contributed by atoms with Crippen LogP contribution in [0.5, 0.6) is 0 Å². The van der Waals surface area contributed by atoms with Crippen molar-refractivity contribution < 1.29 is 9.18 Å². The Kier molecular flexibility index (Phi) is 3.56. The van der Waals surface area contributed by atoms with E-state index in [4.69, 9.17) is 11.5 Å². The predicted octanol–water partition coefficient (Wildman–Crippen LogP) is 1.95. The van der Waals surface area contributed by atoms with Crippen molar-refractivity contribution >= 4 is 22.5 Å². The van der Waals surface area contributed by atoms with Crippen molar-refractivity contribution in [3.63, 3.8) is 0 Å². The van der Waals surface area contributed by atoms with Crippen LogP contribution < -0.4 is 16.4 Å². The summed E-state index contributed by atoms with van der Waals surface area (Å²) in [6.07, 6.45) is 1.88. The fraction of sp³-hybridized carbons (Fsp3) is 0.438. The van der Waals surface area contributed by atoms with Crippen LogP contribution in [0.2, 0.25) is 0 Å². The normalized spacial score (nSPS) is 18.9. The van der Waals surface area contributed by atoms with Crippen molar-refractivity contribution in [3.05, 3.63) is 28.7 Å². The fourth-order valence-electron chi connectivity index (χ4n) is 3.32. The van der Waals surface area contributed by atoms with E-state index in [-0.39, 0.29) is 11.6 Å². The average Bonchev–Trinajstić information content (AvgIpc) is 2.74. The summed E-state index contributed by atoms with van der Waals surface area (Å²) in [5.74, 6) is -1.05. The number of fused-ring (bicyclic) bond motifs is 1. The number of hydrogen-bond acceptors (Lipinski definition) is 3. The number of aromatic amines is 1. The Labute approximate surface area is 128 Å². The van der Waals surface area contributed by atoms with E-state index < -0.39 is 11.7 Å². The summed E-state index contributed by atoms with van der Waals surface area (Å²) < 4.78 is 14.7. The lowest BCUT2D eigenvalue weighted by Gasteiger charge is -2.33. The summed E-state index contributed by atoms with van der Waals surface area (Å²) in [6.45, 7) is 5.21. The van der Waals surface area contributed by atoms with Crippen molar-refractivity contribution in [2.24, 2.45) is 11.5 Å². The minimum atomic E-state index is -0.632. The summed E-state index contributed by atoms with van der Waals surface area (Å²) in [5, 5.41) is 0.736. The summed E-state index contributed by atoms with van der Waals surface area (Å²) in [7, 11) is 0. The predicted molar refractivity (Wildman–Crippen MR) is 85.7 cm³/mol. The van der Waals surface area contributed by atoms with Gasteiger partial charge in [-0.2, -0.15) is 0 Å². The third-order valence-electron chi connectivity index (χ3n) is 4.54. The van der Waals surface area contributed by atoms with E-state index in [1.807, 2.05) is 18.7 Å². The molecule has 2 aromatic rings. The molecule has 0 saturated carbocycles. The van der Waals surface area contributed by atoms with Crippen LogP contribution in [0, 0.1) is 19.7 Å². The van der Waals surface area contributed by atoms with E-state index in [0.29, 0.717) is 17.7 Å². The van der Waals surface area contributed by atoms with Gasteiger partial charge in [-0.1, -0.05) is 0 Å². The highest BCUT2D eigenvalue weighted by Crippen LogP contribution is 2.37. The number of nitrogens with zero attached hydrogens (tertiary/aromatic N) is 1. The molecule has 5 N–H and O–H groups in total. The molecule has 0 radical (unpaired) electrons. The molecule has 1 aromatic heterocycles. The molecule has 0 aliphatic carbocycles. The van der Waals surface area contributed by atoms with Crippen molar-refractivity contribution in [2.75, 3.05) is 18.0 Å². The van der Waals surface area contributed by atoms with Crippen molar-refractivity contribution in [1.82, 2.24) is 4.98 Å². The smallest absolute Gasteiger partial charge is 0.250 e. The second-order valence-corrected chi connectivity index (χ2v) is 6.09. The SMILES string of the molecule is Cc1[nH]c2c(C(N)=O)cc(F)c(N3CCCC(N)C3)c2c1C. The maximum Gasteiger partial charge on any atom is 0.250 e. The topological polar surface area (TPSA) is 88.1 Å². The van der Waals surface area contributed by atoms with Crippen LogP contribution in [0.25, 0.3) is 10.9 Å². The first-order valence-corrected chi connectivity index (χ1v) is 7.52. The van der Waals surface area contributed by atoms with Crippen LogP contribution >= 0.6 is 0 Å². The highest BCUT2D eigenvalue weighted by Gasteiger charge is 2.26. The number of hydrogen-bond donors (Lipinski definition) is 3. The van der Waals surface area contributed by atoms with E-state index in [1.165, 1.54) is 6.07 Å². The second-order valence-electron chi connectivity index (χ2n) is 6.09. The number of nitrogens with one attached hydrogen (secondary N) is 1. The Balaban J connectivity index is 2.28. The highest BCUT2D eigenvalue weighted by atomic mass is 19.1. The molecule has 1 saturated heterocycles. The number of halogens is 1. The van der Waals surface area contributed by atoms with Crippen LogP contribution in [0.1, 0.15) is 34.5 Å². The van der Waals surface area contributed by atoms with Crippen molar-refractivity contribution in [1.29, 1.82) is 0 Å². The number of rotatable bonds is 2. The molecule has 6 heteroatoms. The number of anilines is 1. The van der Waals surface area contributed by atoms with Crippen LogP contribution in [0.4, 0.5) is 10.1 Å². The standard InChI is InChI=1S/C16H21FN4O/c1-8-9(2)20-14-11(16(19)22)6-12(17)15(13(8)14)21-5-3-4-10(18)7-21/h6,10,20H,3-5,7,18H2,1-2H3,(H2,19,22). The van der Waals surface area contributed by atoms with Gasteiger partial charge in [-0.25, -0.2) is 4.39 Å². The molecule has 1 aliphatic rings. The maximum absolute atomic E-state index is 14.7. The van der Waals surface area contributed by atoms with E-state index >= 15 is 0 Å². The first kappa shape index (κ1) is 14.8. The lowest BCUT2D eigenvalue weighted by Crippen LogP contribution is -2.43. The number of aromatic nitrogens is 1. The molecule has 22 heavy (non-hydrogen) atoms. The number of nitrogens with two attached hydrogens (primary N) is 2. The molecule has 1 atom stereocenters. The van der Waals surface area contributed by atoms with Gasteiger partial charge in [0, 0.05) is 30.2 Å². The number of amides is 1. The van der Waals surface area contributed by atoms with Crippen LogP contribution in [0.15, 0.2) is 6.07 Å². The largest absolute Gasteiger partial charge is 0.367 e. The molecule has 0 spiro atoms. The first-order chi connectivity index (χ1) is 10.4. The molecule has 0 bridgehead atoms. The van der Waals surface area contributed by atoms with Crippen LogP contribution in [-0.2, 0) is 0 Å². The van der Waals surface area contributed by atoms with Gasteiger partial charge < -0.3 is 21.4 Å². The fourth-order valence-corrected chi connectivity index (χ4v) is 3.32. The molecule has 1 aromatic carbocycles. The average molecular weight is 304 g/mol. The van der Waals surface area contributed by atoms with E-state index in [0.717, 1.165) is 36.0 Å². The number of carbonyl (C=O) groups excluding carboxylic acids is 1. The number of carbonyl (C=O) groups is 1. The van der Waals surface area contributed by atoms with Gasteiger partial charge in [0.2, 0.25) is 0 Å². The Hall–Kier alpha value is -2.08. The Bertz CT molecular complexity index is 752. The maximum atomic E-state index is 14.7. The Morgan fingerprint density at radius 3 is 2.82 bits per heavy atom. The van der Waals surface area contributed by atoms with Gasteiger partial charge >= 0.3 is 0 Å². The summed E-state index contributed by atoms with van der Waals surface area (Å²) in [6, 6.07) is 1.27. The number of benzene rings is 1. The van der Waals surface area contributed by atoms with Crippen LogP contribution in [-0.4, -0.2) is 30.0 Å². The quantitative estimate of drug-likeness (QED) is 0.792. The van der Waals surface area contributed by atoms with Crippen molar-refractivity contribution in [2.45, 2.75) is 32.7 Å². The molecule has 1 fully saturated rings. The third kappa shape index (κ3) is 2.23. The third-order valence-corrected chi connectivity index (χ3v) is 4.54. The molecule has 1 aliphatic heterocycles. The molecular formula is C16H21FN4O. The Morgan fingerprint density at radius 2 is 2.18 bits per heavy atom. The van der Waals surface area contributed by atoms with Gasteiger partial charge in [0.1, 0.15) is 5.82 Å². The molecule has 5 nitrogen and oxygen atoms in total. The molecular weight excluding hydrogens is 283 g/mol. The Morgan fingerprint density at radius 1 is 1.45 bits per heavy atom. The molecule has 118 valence electrons. The zero-order valence-corrected chi connectivity index (χ0v) is 12.9. The zero-order valence-electron chi connectivity index (χ0n) is 12.9. The summed E-state index contributed by atoms with van der Waals surface area (Å²) >= 11 is 0. The van der Waals surface area contributed by atoms with Gasteiger partial charge in [0.05, 0.1) is 16.8 Å². The zero-order chi connectivity index (χ0) is 16.0. The monoisotopic (exact) mass is 304 g/mol. The van der Waals surface area contributed by atoms with Gasteiger partial charge in [-0.15, -0.1) is 0 Å². The van der Waals surface area contributed by atoms with Gasteiger partial charge in [0.25, 0.3) is 5.91 Å². The molecule has 1 unspecified atom stereocenters. The lowest BCUT2D eigenvalue weighted by atomic mass is 10.0. The second kappa shape index (κ2) is 5.28. The number of primary amides is 1. The van der Waals surface area contributed by atoms with Gasteiger partial charge in [-0.05, 0) is 38.3 Å². The minimum Gasteiger partial charge on any atom is -0.367 e. The highest BCUT2D eigenvalue weighted by molar-refractivity contribution is 6.10. The number of aryl methyl sites for hydroxylation is 2.